The molecule has 3 heteroatoms. The number of carboxylic acids is 1. The molecule has 0 heterocycles. The van der Waals surface area contributed by atoms with Crippen LogP contribution < -0.4 is 0 Å². The van der Waals surface area contributed by atoms with Crippen molar-refractivity contribution in [3.8, 4) is 0 Å². The first-order valence-corrected chi connectivity index (χ1v) is 4.25. The number of aliphatic carboxylic acids is 1. The minimum atomic E-state index is -0.980. The Balaban J connectivity index is 2.50. The Bertz CT molecular complexity index is 341. The molecule has 1 aromatic rings. The monoisotopic (exact) mass is 194 g/mol. The van der Waals surface area contributed by atoms with Crippen molar-refractivity contribution in [2.45, 2.75) is 12.8 Å². The highest BCUT2D eigenvalue weighted by Gasteiger charge is 2.03. The molecule has 0 saturated carbocycles. The molecule has 0 aliphatic heterocycles. The Kier molecular flexibility index (Phi) is 3.40. The fraction of sp³-hybridized carbons (Fsp3) is 0.182. The van der Waals surface area contributed by atoms with E-state index in [0.29, 0.717) is 12.8 Å². The Morgan fingerprint density at radius 1 is 1.36 bits per heavy atom. The van der Waals surface area contributed by atoms with Crippen LogP contribution in [-0.2, 0) is 11.2 Å². The Hall–Kier alpha value is -1.64. The zero-order valence-corrected chi connectivity index (χ0v) is 7.66. The standard InChI is InChI=1S/C11H11FO2/c1-8(11(13)14)2-3-9-4-6-10(12)7-5-9/h4-7H,1-3H2,(H,13,14). The molecule has 0 aliphatic rings. The Morgan fingerprint density at radius 2 is 1.93 bits per heavy atom. The van der Waals surface area contributed by atoms with Gasteiger partial charge >= 0.3 is 5.97 Å². The second-order valence-corrected chi connectivity index (χ2v) is 3.04. The molecule has 0 aliphatic carbocycles. The lowest BCUT2D eigenvalue weighted by Gasteiger charge is -2.00. The van der Waals surface area contributed by atoms with Gasteiger partial charge in [0.2, 0.25) is 0 Å². The normalized spacial score (nSPS) is 9.79. The van der Waals surface area contributed by atoms with Crippen LogP contribution in [0.4, 0.5) is 4.39 Å². The third-order valence-electron chi connectivity index (χ3n) is 1.93. The molecule has 74 valence electrons. The fourth-order valence-corrected chi connectivity index (χ4v) is 1.05. The lowest BCUT2D eigenvalue weighted by atomic mass is 10.1. The second kappa shape index (κ2) is 4.56. The van der Waals surface area contributed by atoms with E-state index in [1.165, 1.54) is 12.1 Å². The summed E-state index contributed by atoms with van der Waals surface area (Å²) in [6.07, 6.45) is 0.965. The first kappa shape index (κ1) is 10.4. The molecule has 2 nitrogen and oxygen atoms in total. The maximum absolute atomic E-state index is 12.5. The molecule has 0 atom stereocenters. The summed E-state index contributed by atoms with van der Waals surface area (Å²) in [5, 5.41) is 8.54. The highest BCUT2D eigenvalue weighted by Crippen LogP contribution is 2.09. The van der Waals surface area contributed by atoms with E-state index in [2.05, 4.69) is 6.58 Å². The summed E-state index contributed by atoms with van der Waals surface area (Å²) in [6.45, 7) is 3.41. The molecule has 1 rings (SSSR count). The molecule has 0 bridgehead atoms. The average Bonchev–Trinajstić information content (AvgIpc) is 2.16. The van der Waals surface area contributed by atoms with Crippen LogP contribution in [0.3, 0.4) is 0 Å². The molecular weight excluding hydrogens is 183 g/mol. The first-order valence-electron chi connectivity index (χ1n) is 4.25. The van der Waals surface area contributed by atoms with Crippen LogP contribution in [0.15, 0.2) is 36.4 Å². The Labute approximate surface area is 81.7 Å². The van der Waals surface area contributed by atoms with E-state index in [-0.39, 0.29) is 11.4 Å². The van der Waals surface area contributed by atoms with Gasteiger partial charge in [-0.05, 0) is 30.5 Å². The maximum atomic E-state index is 12.5. The summed E-state index contributed by atoms with van der Waals surface area (Å²) in [7, 11) is 0. The van der Waals surface area contributed by atoms with Gasteiger partial charge < -0.3 is 5.11 Å². The van der Waals surface area contributed by atoms with E-state index in [4.69, 9.17) is 5.11 Å². The molecule has 0 spiro atoms. The first-order chi connectivity index (χ1) is 6.59. The van der Waals surface area contributed by atoms with Crippen molar-refractivity contribution in [1.82, 2.24) is 0 Å². The van der Waals surface area contributed by atoms with Crippen LogP contribution in [0.5, 0.6) is 0 Å². The van der Waals surface area contributed by atoms with E-state index in [1.54, 1.807) is 12.1 Å². The number of hydrogen-bond donors (Lipinski definition) is 1. The number of hydrogen-bond acceptors (Lipinski definition) is 1. The van der Waals surface area contributed by atoms with Gasteiger partial charge in [0.25, 0.3) is 0 Å². The topological polar surface area (TPSA) is 37.3 Å². The second-order valence-electron chi connectivity index (χ2n) is 3.04. The lowest BCUT2D eigenvalue weighted by molar-refractivity contribution is -0.132. The molecule has 0 radical (unpaired) electrons. The van der Waals surface area contributed by atoms with Crippen LogP contribution >= 0.6 is 0 Å². The van der Waals surface area contributed by atoms with Crippen LogP contribution in [-0.4, -0.2) is 11.1 Å². The molecule has 0 fully saturated rings. The fourth-order valence-electron chi connectivity index (χ4n) is 1.05. The predicted octanol–water partition coefficient (Wildman–Crippen LogP) is 2.40. The van der Waals surface area contributed by atoms with E-state index < -0.39 is 5.97 Å². The minimum Gasteiger partial charge on any atom is -0.478 e. The highest BCUT2D eigenvalue weighted by atomic mass is 19.1. The van der Waals surface area contributed by atoms with E-state index >= 15 is 0 Å². The van der Waals surface area contributed by atoms with Gasteiger partial charge in [-0.25, -0.2) is 9.18 Å². The summed E-state index contributed by atoms with van der Waals surface area (Å²) in [5.74, 6) is -1.27. The molecule has 1 aromatic carbocycles. The molecule has 0 amide bonds. The number of benzene rings is 1. The van der Waals surface area contributed by atoms with Gasteiger partial charge in [0.1, 0.15) is 5.82 Å². The largest absolute Gasteiger partial charge is 0.478 e. The SMILES string of the molecule is C=C(CCc1ccc(F)cc1)C(=O)O. The van der Waals surface area contributed by atoms with Crippen molar-refractivity contribution < 1.29 is 14.3 Å². The summed E-state index contributed by atoms with van der Waals surface area (Å²) >= 11 is 0. The summed E-state index contributed by atoms with van der Waals surface area (Å²) < 4.78 is 12.5. The lowest BCUT2D eigenvalue weighted by Crippen LogP contribution is -2.00. The van der Waals surface area contributed by atoms with Gasteiger partial charge in [0.15, 0.2) is 0 Å². The molecule has 0 aromatic heterocycles. The number of carbonyl (C=O) groups is 1. The van der Waals surface area contributed by atoms with Crippen molar-refractivity contribution in [2.24, 2.45) is 0 Å². The van der Waals surface area contributed by atoms with E-state index in [1.807, 2.05) is 0 Å². The number of halogens is 1. The minimum absolute atomic E-state index is 0.175. The molecule has 0 unspecified atom stereocenters. The van der Waals surface area contributed by atoms with Crippen LogP contribution in [0.2, 0.25) is 0 Å². The smallest absolute Gasteiger partial charge is 0.330 e. The number of carboxylic acid groups (broad SMARTS) is 1. The van der Waals surface area contributed by atoms with Crippen molar-refractivity contribution >= 4 is 5.97 Å². The quantitative estimate of drug-likeness (QED) is 0.747. The predicted molar refractivity (Wildman–Crippen MR) is 51.5 cm³/mol. The van der Waals surface area contributed by atoms with Gasteiger partial charge in [-0.15, -0.1) is 0 Å². The van der Waals surface area contributed by atoms with Crippen molar-refractivity contribution in [3.05, 3.63) is 47.8 Å². The number of rotatable bonds is 4. The van der Waals surface area contributed by atoms with Gasteiger partial charge in [-0.1, -0.05) is 18.7 Å². The van der Waals surface area contributed by atoms with Gasteiger partial charge in [0, 0.05) is 5.57 Å². The molecular formula is C11H11FO2. The van der Waals surface area contributed by atoms with Crippen molar-refractivity contribution in [1.29, 1.82) is 0 Å². The Morgan fingerprint density at radius 3 is 2.43 bits per heavy atom. The van der Waals surface area contributed by atoms with Crippen LogP contribution in [0.1, 0.15) is 12.0 Å². The third kappa shape index (κ3) is 3.01. The summed E-state index contributed by atoms with van der Waals surface area (Å²) in [6, 6.07) is 6.01. The molecule has 0 saturated heterocycles. The third-order valence-corrected chi connectivity index (χ3v) is 1.93. The molecule has 1 N–H and O–H groups in total. The van der Waals surface area contributed by atoms with Crippen LogP contribution in [0.25, 0.3) is 0 Å². The van der Waals surface area contributed by atoms with E-state index in [9.17, 15) is 9.18 Å². The van der Waals surface area contributed by atoms with Gasteiger partial charge in [0.05, 0.1) is 0 Å². The average molecular weight is 194 g/mol. The van der Waals surface area contributed by atoms with Crippen molar-refractivity contribution in [3.63, 3.8) is 0 Å². The summed E-state index contributed by atoms with van der Waals surface area (Å²) in [4.78, 5) is 10.4. The number of aryl methyl sites for hydroxylation is 1. The zero-order valence-electron chi connectivity index (χ0n) is 7.66. The van der Waals surface area contributed by atoms with Crippen molar-refractivity contribution in [2.75, 3.05) is 0 Å². The molecule has 14 heavy (non-hydrogen) atoms. The summed E-state index contributed by atoms with van der Waals surface area (Å²) in [5.41, 5.74) is 1.09. The van der Waals surface area contributed by atoms with E-state index in [0.717, 1.165) is 5.56 Å². The van der Waals surface area contributed by atoms with Gasteiger partial charge in [-0.3, -0.25) is 0 Å². The van der Waals surface area contributed by atoms with Gasteiger partial charge in [-0.2, -0.15) is 0 Å². The maximum Gasteiger partial charge on any atom is 0.330 e. The zero-order chi connectivity index (χ0) is 10.6. The highest BCUT2D eigenvalue weighted by molar-refractivity contribution is 5.85. The van der Waals surface area contributed by atoms with Crippen LogP contribution in [0, 0.1) is 5.82 Å².